The molecule has 0 N–H and O–H groups in total. The van der Waals surface area contributed by atoms with Crippen molar-refractivity contribution >= 4 is 25.1 Å². The molecule has 25 heavy (non-hydrogen) atoms. The summed E-state index contributed by atoms with van der Waals surface area (Å²) in [5.74, 6) is 0. The molecule has 10 heteroatoms. The molecule has 0 radical (unpaired) electrons. The molecule has 1 unspecified atom stereocenters. The third-order valence-corrected chi connectivity index (χ3v) is 4.52. The fourth-order valence-corrected chi connectivity index (χ4v) is 3.04. The predicted molar refractivity (Wildman–Crippen MR) is 84.4 cm³/mol. The number of hydrogen-bond acceptors (Lipinski definition) is 6. The minimum absolute atomic E-state index is 0. The molecular weight excluding hydrogens is 573 g/mol. The van der Waals surface area contributed by atoms with E-state index in [0.717, 1.165) is 17.8 Å². The first-order chi connectivity index (χ1) is 11.3. The van der Waals surface area contributed by atoms with Gasteiger partial charge < -0.3 is 4.52 Å². The first-order valence-corrected chi connectivity index (χ1v) is 9.96. The average molecular weight is 592 g/mol. The number of pyridine rings is 1. The zero-order chi connectivity index (χ0) is 18.4. The van der Waals surface area contributed by atoms with E-state index < -0.39 is 18.4 Å². The van der Waals surface area contributed by atoms with Crippen LogP contribution in [0.1, 0.15) is 13.8 Å². The quantitative estimate of drug-likeness (QED) is 0.358. The van der Waals surface area contributed by atoms with Gasteiger partial charge in [0.15, 0.2) is 0 Å². The van der Waals surface area contributed by atoms with Crippen LogP contribution in [0.2, 0.25) is 5.02 Å². The van der Waals surface area contributed by atoms with E-state index in [-0.39, 0.29) is 22.4 Å². The smallest absolute Gasteiger partial charge is 0.355 e. The van der Waals surface area contributed by atoms with Crippen molar-refractivity contribution in [1.29, 1.82) is 0 Å². The van der Waals surface area contributed by atoms with Crippen molar-refractivity contribution < 1.29 is 55.8 Å². The first kappa shape index (κ1) is 27.1. The molecular formula is C15H19AuCl2NO5P. The van der Waals surface area contributed by atoms with Crippen LogP contribution in [-0.2, 0) is 26.9 Å². The Hall–Kier alpha value is -0.0797. The summed E-state index contributed by atoms with van der Waals surface area (Å²) in [7, 11) is -5.37. The van der Waals surface area contributed by atoms with Gasteiger partial charge in [-0.15, -0.1) is 10.2 Å². The Bertz CT molecular complexity index is 499. The third kappa shape index (κ3) is 18.5. The molecule has 1 aromatic heterocycles. The second kappa shape index (κ2) is 16.1. The van der Waals surface area contributed by atoms with Crippen LogP contribution in [0.3, 0.4) is 0 Å². The van der Waals surface area contributed by atoms with Crippen molar-refractivity contribution in [2.24, 2.45) is 0 Å². The summed E-state index contributed by atoms with van der Waals surface area (Å²) in [5, 5.41) is 2.05. The number of benzene rings is 1. The topological polar surface area (TPSA) is 114 Å². The van der Waals surface area contributed by atoms with Crippen molar-refractivity contribution in [2.75, 3.05) is 12.8 Å². The molecule has 0 aliphatic rings. The maximum Gasteiger partial charge on any atom is 1.00 e. The standard InChI is InChI=1S/C10H14ClOP.C5H5N.Au.ClHO4/c1-3-12-13(4-2)10-7-5-9(11)6-8-10;1-2-4-6-5-3-1;;2-1(3,4)5/h5-8H,3-4H2,1-2H3;1-5H;;(H,2,3,4,5)/q;;+1;/p-1. The number of rotatable bonds is 4. The summed E-state index contributed by atoms with van der Waals surface area (Å²) in [5.41, 5.74) is 0. The number of nitrogens with zero attached hydrogens (tertiary/aromatic N) is 1. The molecule has 1 atom stereocenters. The molecule has 0 amide bonds. The molecule has 2 rings (SSSR count). The molecule has 144 valence electrons. The van der Waals surface area contributed by atoms with E-state index in [1.165, 1.54) is 5.30 Å². The second-order valence-corrected chi connectivity index (χ2v) is 7.35. The Morgan fingerprint density at radius 2 is 1.48 bits per heavy atom. The molecule has 0 bridgehead atoms. The fraction of sp³-hybridized carbons (Fsp3) is 0.267. The second-order valence-electron chi connectivity index (χ2n) is 3.99. The summed E-state index contributed by atoms with van der Waals surface area (Å²) in [6.45, 7) is 4.96. The van der Waals surface area contributed by atoms with Crippen LogP contribution < -0.4 is 23.9 Å². The van der Waals surface area contributed by atoms with Crippen LogP contribution in [-0.4, -0.2) is 17.8 Å². The van der Waals surface area contributed by atoms with E-state index in [2.05, 4.69) is 11.9 Å². The third-order valence-electron chi connectivity index (χ3n) is 2.25. The first-order valence-electron chi connectivity index (χ1n) is 6.90. The van der Waals surface area contributed by atoms with Crippen molar-refractivity contribution in [3.63, 3.8) is 0 Å². The zero-order valence-electron chi connectivity index (χ0n) is 13.6. The summed E-state index contributed by atoms with van der Waals surface area (Å²) in [4.78, 5) is 3.78. The van der Waals surface area contributed by atoms with E-state index in [0.29, 0.717) is 0 Å². The van der Waals surface area contributed by atoms with Gasteiger partial charge in [-0.05, 0) is 37.4 Å². The molecule has 2 aromatic rings. The maximum atomic E-state index is 8.49. The molecule has 0 fully saturated rings. The van der Waals surface area contributed by atoms with Gasteiger partial charge in [0.1, 0.15) is 0 Å². The van der Waals surface area contributed by atoms with Gasteiger partial charge in [-0.1, -0.05) is 36.7 Å². The minimum Gasteiger partial charge on any atom is -0.355 e. The largest absolute Gasteiger partial charge is 1.00 e. The van der Waals surface area contributed by atoms with Crippen LogP contribution in [0.5, 0.6) is 0 Å². The van der Waals surface area contributed by atoms with Gasteiger partial charge in [0.25, 0.3) is 0 Å². The van der Waals surface area contributed by atoms with Crippen LogP contribution in [0, 0.1) is 10.2 Å². The van der Waals surface area contributed by atoms with E-state index in [4.69, 9.17) is 34.8 Å². The maximum absolute atomic E-state index is 8.49. The van der Waals surface area contributed by atoms with Gasteiger partial charge in [-0.25, -0.2) is 18.6 Å². The van der Waals surface area contributed by atoms with Crippen LogP contribution in [0.4, 0.5) is 0 Å². The minimum atomic E-state index is -4.94. The Morgan fingerprint density at radius 1 is 1.00 bits per heavy atom. The van der Waals surface area contributed by atoms with E-state index in [1.807, 2.05) is 49.4 Å². The molecule has 0 saturated carbocycles. The monoisotopic (exact) mass is 591 g/mol. The van der Waals surface area contributed by atoms with Gasteiger partial charge >= 0.3 is 22.4 Å². The van der Waals surface area contributed by atoms with Gasteiger partial charge in [-0.3, -0.25) is 4.98 Å². The van der Waals surface area contributed by atoms with E-state index in [1.54, 1.807) is 12.4 Å². The zero-order valence-corrected chi connectivity index (χ0v) is 18.2. The normalized spacial score (nSPS) is 11.0. The Labute approximate surface area is 171 Å². The molecule has 0 spiro atoms. The Kier molecular flexibility index (Phi) is 17.5. The Morgan fingerprint density at radius 3 is 1.76 bits per heavy atom. The molecule has 1 aromatic carbocycles. The van der Waals surface area contributed by atoms with E-state index >= 15 is 0 Å². The van der Waals surface area contributed by atoms with Gasteiger partial charge in [0.05, 0.1) is 8.15 Å². The molecule has 0 aliphatic heterocycles. The SMILES string of the molecule is CCOP(CC)c1ccc(Cl)cc1.[Au+].[O-][Cl+3]([O-])([O-])[O-].c1ccncc1. The van der Waals surface area contributed by atoms with Gasteiger partial charge in [0.2, 0.25) is 0 Å². The number of aromatic nitrogens is 1. The summed E-state index contributed by atoms with van der Waals surface area (Å²) in [6.07, 6.45) is 4.56. The van der Waals surface area contributed by atoms with Crippen LogP contribution in [0.25, 0.3) is 0 Å². The van der Waals surface area contributed by atoms with Crippen molar-refractivity contribution in [3.8, 4) is 0 Å². The average Bonchev–Trinajstić information content (AvgIpc) is 2.54. The summed E-state index contributed by atoms with van der Waals surface area (Å²) < 4.78 is 39.6. The fourth-order valence-electron chi connectivity index (χ4n) is 1.42. The summed E-state index contributed by atoms with van der Waals surface area (Å²) in [6, 6.07) is 13.6. The molecule has 0 aliphatic carbocycles. The van der Waals surface area contributed by atoms with Crippen molar-refractivity contribution in [3.05, 3.63) is 59.9 Å². The van der Waals surface area contributed by atoms with E-state index in [9.17, 15) is 0 Å². The van der Waals surface area contributed by atoms with Crippen molar-refractivity contribution in [1.82, 2.24) is 4.98 Å². The van der Waals surface area contributed by atoms with Gasteiger partial charge in [-0.2, -0.15) is 0 Å². The van der Waals surface area contributed by atoms with Crippen molar-refractivity contribution in [2.45, 2.75) is 13.8 Å². The molecule has 0 saturated heterocycles. The Balaban J connectivity index is 0. The number of halogens is 2. The molecule has 1 heterocycles. The molecule has 6 nitrogen and oxygen atoms in total. The summed E-state index contributed by atoms with van der Waals surface area (Å²) >= 11 is 5.80. The van der Waals surface area contributed by atoms with Gasteiger partial charge in [0, 0.05) is 29.3 Å². The van der Waals surface area contributed by atoms with Crippen LogP contribution >= 0.6 is 19.7 Å². The predicted octanol–water partition coefficient (Wildman–Crippen LogP) is -0.258. The number of hydrogen-bond donors (Lipinski definition) is 0. The van der Waals surface area contributed by atoms with Crippen LogP contribution in [0.15, 0.2) is 54.9 Å².